The second-order valence-electron chi connectivity index (χ2n) is 5.17. The van der Waals surface area contributed by atoms with Crippen LogP contribution in [0.5, 0.6) is 0 Å². The highest BCUT2D eigenvalue weighted by Crippen LogP contribution is 2.22. The van der Waals surface area contributed by atoms with Gasteiger partial charge in [0.25, 0.3) is 0 Å². The van der Waals surface area contributed by atoms with Crippen LogP contribution in [0.2, 0.25) is 0 Å². The molecule has 4 nitrogen and oxygen atoms in total. The van der Waals surface area contributed by atoms with Crippen LogP contribution < -0.4 is 5.32 Å². The zero-order valence-corrected chi connectivity index (χ0v) is 10.2. The smallest absolute Gasteiger partial charge is 0.238 e. The van der Waals surface area contributed by atoms with E-state index < -0.39 is 0 Å². The molecule has 0 bridgehead atoms. The summed E-state index contributed by atoms with van der Waals surface area (Å²) in [5.41, 5.74) is 0. The normalized spacial score (nSPS) is 28.1. The second kappa shape index (κ2) is 5.15. The van der Waals surface area contributed by atoms with Crippen LogP contribution in [0.25, 0.3) is 0 Å². The molecule has 1 N–H and O–H groups in total. The lowest BCUT2D eigenvalue weighted by molar-refractivity contribution is -0.132. The van der Waals surface area contributed by atoms with Crippen molar-refractivity contribution in [2.45, 2.75) is 45.3 Å². The number of nitrogens with zero attached hydrogens (tertiary/aromatic N) is 1. The Morgan fingerprint density at radius 3 is 2.75 bits per heavy atom. The first-order chi connectivity index (χ1) is 7.68. The van der Waals surface area contributed by atoms with Crippen molar-refractivity contribution < 1.29 is 9.53 Å². The molecule has 1 unspecified atom stereocenters. The van der Waals surface area contributed by atoms with Gasteiger partial charge in [-0.3, -0.25) is 10.1 Å². The molecule has 2 aliphatic rings. The van der Waals surface area contributed by atoms with E-state index in [4.69, 9.17) is 4.74 Å². The Morgan fingerprint density at radius 2 is 2.12 bits per heavy atom. The van der Waals surface area contributed by atoms with Crippen molar-refractivity contribution in [1.82, 2.24) is 10.2 Å². The molecule has 0 spiro atoms. The Labute approximate surface area is 97.3 Å². The van der Waals surface area contributed by atoms with Gasteiger partial charge in [0.05, 0.1) is 12.7 Å². The highest BCUT2D eigenvalue weighted by molar-refractivity contribution is 5.81. The minimum Gasteiger partial charge on any atom is -0.381 e. The van der Waals surface area contributed by atoms with Gasteiger partial charge in [-0.05, 0) is 25.2 Å². The Hall–Kier alpha value is -0.610. The molecule has 1 atom stereocenters. The standard InChI is InChI=1S/C12H22N2O2/c1-9(2)7-11-13-8-12(15)14(11)10-3-5-16-6-4-10/h9-11,13H,3-8H2,1-2H3. The summed E-state index contributed by atoms with van der Waals surface area (Å²) >= 11 is 0. The van der Waals surface area contributed by atoms with Crippen molar-refractivity contribution in [3.05, 3.63) is 0 Å². The van der Waals surface area contributed by atoms with Crippen LogP contribution >= 0.6 is 0 Å². The zero-order valence-electron chi connectivity index (χ0n) is 10.2. The molecule has 4 heteroatoms. The summed E-state index contributed by atoms with van der Waals surface area (Å²) in [4.78, 5) is 14.0. The van der Waals surface area contributed by atoms with E-state index in [0.29, 0.717) is 18.5 Å². The fourth-order valence-corrected chi connectivity index (χ4v) is 2.63. The first-order valence-electron chi connectivity index (χ1n) is 6.30. The molecule has 0 aromatic carbocycles. The number of hydrogen-bond acceptors (Lipinski definition) is 3. The fourth-order valence-electron chi connectivity index (χ4n) is 2.63. The van der Waals surface area contributed by atoms with Crippen LogP contribution in [0.4, 0.5) is 0 Å². The third-order valence-electron chi connectivity index (χ3n) is 3.39. The molecule has 16 heavy (non-hydrogen) atoms. The van der Waals surface area contributed by atoms with Gasteiger partial charge in [-0.25, -0.2) is 0 Å². The SMILES string of the molecule is CC(C)CC1NCC(=O)N1C1CCOCC1. The van der Waals surface area contributed by atoms with Crippen molar-refractivity contribution in [2.24, 2.45) is 5.92 Å². The van der Waals surface area contributed by atoms with Crippen molar-refractivity contribution in [3.63, 3.8) is 0 Å². The quantitative estimate of drug-likeness (QED) is 0.779. The van der Waals surface area contributed by atoms with Gasteiger partial charge in [-0.15, -0.1) is 0 Å². The summed E-state index contributed by atoms with van der Waals surface area (Å²) in [5.74, 6) is 0.878. The van der Waals surface area contributed by atoms with Crippen molar-refractivity contribution in [1.29, 1.82) is 0 Å². The molecule has 0 aromatic heterocycles. The van der Waals surface area contributed by atoms with Gasteiger partial charge in [0, 0.05) is 19.3 Å². The van der Waals surface area contributed by atoms with Crippen LogP contribution in [0.1, 0.15) is 33.1 Å². The molecule has 92 valence electrons. The zero-order chi connectivity index (χ0) is 11.5. The van der Waals surface area contributed by atoms with Gasteiger partial charge in [0.15, 0.2) is 0 Å². The molecule has 0 aliphatic carbocycles. The molecule has 1 amide bonds. The topological polar surface area (TPSA) is 41.6 Å². The second-order valence-corrected chi connectivity index (χ2v) is 5.17. The van der Waals surface area contributed by atoms with Crippen LogP contribution in [0, 0.1) is 5.92 Å². The Balaban J connectivity index is 1.99. The van der Waals surface area contributed by atoms with Gasteiger partial charge < -0.3 is 9.64 Å². The van der Waals surface area contributed by atoms with Crippen molar-refractivity contribution in [3.8, 4) is 0 Å². The average molecular weight is 226 g/mol. The van der Waals surface area contributed by atoms with E-state index in [9.17, 15) is 4.79 Å². The lowest BCUT2D eigenvalue weighted by Gasteiger charge is -2.35. The molecule has 2 rings (SSSR count). The summed E-state index contributed by atoms with van der Waals surface area (Å²) in [5, 5.41) is 3.32. The molecular formula is C12H22N2O2. The number of ether oxygens (including phenoxy) is 1. The Kier molecular flexibility index (Phi) is 3.82. The van der Waals surface area contributed by atoms with Gasteiger partial charge in [-0.2, -0.15) is 0 Å². The minimum absolute atomic E-state index is 0.246. The lowest BCUT2D eigenvalue weighted by atomic mass is 10.0. The third kappa shape index (κ3) is 2.55. The van der Waals surface area contributed by atoms with Crippen LogP contribution in [-0.2, 0) is 9.53 Å². The number of carbonyl (C=O) groups is 1. The maximum absolute atomic E-state index is 11.9. The van der Waals surface area contributed by atoms with E-state index in [1.54, 1.807) is 0 Å². The summed E-state index contributed by atoms with van der Waals surface area (Å²) in [6, 6.07) is 0.389. The molecule has 0 radical (unpaired) electrons. The number of nitrogens with one attached hydrogen (secondary N) is 1. The first-order valence-corrected chi connectivity index (χ1v) is 6.30. The monoisotopic (exact) mass is 226 g/mol. The highest BCUT2D eigenvalue weighted by atomic mass is 16.5. The Bertz CT molecular complexity index is 249. The number of hydrogen-bond donors (Lipinski definition) is 1. The van der Waals surface area contributed by atoms with Gasteiger partial charge >= 0.3 is 0 Å². The number of rotatable bonds is 3. The maximum Gasteiger partial charge on any atom is 0.238 e. The molecule has 2 fully saturated rings. The average Bonchev–Trinajstić information content (AvgIpc) is 2.60. The van der Waals surface area contributed by atoms with Gasteiger partial charge in [0.1, 0.15) is 0 Å². The summed E-state index contributed by atoms with van der Waals surface area (Å²) < 4.78 is 5.35. The molecule has 2 saturated heterocycles. The predicted octanol–water partition coefficient (Wildman–Crippen LogP) is 0.969. The van der Waals surface area contributed by atoms with Crippen LogP contribution in [-0.4, -0.2) is 42.8 Å². The van der Waals surface area contributed by atoms with E-state index in [1.807, 2.05) is 0 Å². The van der Waals surface area contributed by atoms with Crippen molar-refractivity contribution in [2.75, 3.05) is 19.8 Å². The van der Waals surface area contributed by atoms with Crippen LogP contribution in [0.3, 0.4) is 0 Å². The Morgan fingerprint density at radius 1 is 1.44 bits per heavy atom. The molecule has 2 aliphatic heterocycles. The minimum atomic E-state index is 0.246. The molecular weight excluding hydrogens is 204 g/mol. The van der Waals surface area contributed by atoms with E-state index >= 15 is 0 Å². The summed E-state index contributed by atoms with van der Waals surface area (Å²) in [6.07, 6.45) is 3.27. The largest absolute Gasteiger partial charge is 0.381 e. The summed E-state index contributed by atoms with van der Waals surface area (Å²) in [6.45, 7) is 6.50. The van der Waals surface area contributed by atoms with E-state index in [1.165, 1.54) is 0 Å². The van der Waals surface area contributed by atoms with Gasteiger partial charge in [-0.1, -0.05) is 13.8 Å². The van der Waals surface area contributed by atoms with E-state index in [-0.39, 0.29) is 12.1 Å². The highest BCUT2D eigenvalue weighted by Gasteiger charge is 2.36. The van der Waals surface area contributed by atoms with Gasteiger partial charge in [0.2, 0.25) is 5.91 Å². The lowest BCUT2D eigenvalue weighted by Crippen LogP contribution is -2.47. The molecule has 0 aromatic rings. The number of amides is 1. The predicted molar refractivity (Wildman–Crippen MR) is 61.9 cm³/mol. The van der Waals surface area contributed by atoms with Crippen LogP contribution in [0.15, 0.2) is 0 Å². The van der Waals surface area contributed by atoms with Crippen molar-refractivity contribution >= 4 is 5.91 Å². The summed E-state index contributed by atoms with van der Waals surface area (Å²) in [7, 11) is 0. The number of carbonyl (C=O) groups excluding carboxylic acids is 1. The van der Waals surface area contributed by atoms with E-state index in [0.717, 1.165) is 32.5 Å². The molecule has 0 saturated carbocycles. The fraction of sp³-hybridized carbons (Fsp3) is 0.917. The maximum atomic E-state index is 11.9. The van der Waals surface area contributed by atoms with E-state index in [2.05, 4.69) is 24.1 Å². The molecule has 2 heterocycles. The first kappa shape index (κ1) is 11.9. The third-order valence-corrected chi connectivity index (χ3v) is 3.39.